The van der Waals surface area contributed by atoms with E-state index in [0.29, 0.717) is 12.2 Å². The summed E-state index contributed by atoms with van der Waals surface area (Å²) in [6.45, 7) is 9.65. The molecule has 1 heterocycles. The molecule has 1 amide bonds. The maximum Gasteiger partial charge on any atom is 0.271 e. The average Bonchev–Trinajstić information content (AvgIpc) is 3.08. The number of amides is 1. The van der Waals surface area contributed by atoms with Gasteiger partial charge in [0.25, 0.3) is 5.91 Å². The van der Waals surface area contributed by atoms with Gasteiger partial charge in [0, 0.05) is 19.3 Å². The van der Waals surface area contributed by atoms with Crippen molar-refractivity contribution in [3.05, 3.63) is 41.7 Å². The van der Waals surface area contributed by atoms with E-state index in [0.717, 1.165) is 36.6 Å². The molecule has 1 aromatic carbocycles. The number of hydrogen-bond acceptors (Lipinski definition) is 4. The summed E-state index contributed by atoms with van der Waals surface area (Å²) in [5.41, 5.74) is 2.32. The fourth-order valence-electron chi connectivity index (χ4n) is 2.52. The Hall–Kier alpha value is -2.34. The van der Waals surface area contributed by atoms with Crippen LogP contribution in [-0.2, 0) is 0 Å². The second kappa shape index (κ2) is 8.49. The number of ether oxygens (including phenoxy) is 1. The van der Waals surface area contributed by atoms with Crippen LogP contribution in [0.2, 0.25) is 0 Å². The molecule has 1 N–H and O–H groups in total. The van der Waals surface area contributed by atoms with Crippen LogP contribution in [0.5, 0.6) is 5.75 Å². The van der Waals surface area contributed by atoms with Crippen LogP contribution in [-0.4, -0.2) is 53.9 Å². The molecule has 0 unspecified atom stereocenters. The van der Waals surface area contributed by atoms with E-state index in [1.807, 2.05) is 25.1 Å². The third-order valence-electron chi connectivity index (χ3n) is 4.01. The molecule has 0 bridgehead atoms. The highest BCUT2D eigenvalue weighted by Crippen LogP contribution is 2.23. The standard InChI is InChI=1S/C18H26N4O2/c1-5-21(6-2)12-10-19-18(23)15-9-11-22(20-15)16-13-14(3)7-8-17(16)24-4/h7-9,11,13H,5-6,10,12H2,1-4H3,(H,19,23). The largest absolute Gasteiger partial charge is 0.494 e. The first kappa shape index (κ1) is 18.0. The van der Waals surface area contributed by atoms with Crippen LogP contribution in [0.4, 0.5) is 0 Å². The van der Waals surface area contributed by atoms with E-state index in [-0.39, 0.29) is 5.91 Å². The normalized spacial score (nSPS) is 10.9. The highest BCUT2D eigenvalue weighted by molar-refractivity contribution is 5.92. The van der Waals surface area contributed by atoms with Crippen molar-refractivity contribution in [2.24, 2.45) is 0 Å². The maximum absolute atomic E-state index is 12.2. The first-order chi connectivity index (χ1) is 11.6. The molecule has 0 aliphatic rings. The molecule has 2 rings (SSSR count). The molecule has 6 nitrogen and oxygen atoms in total. The Morgan fingerprint density at radius 2 is 2.04 bits per heavy atom. The predicted molar refractivity (Wildman–Crippen MR) is 95.0 cm³/mol. The van der Waals surface area contributed by atoms with Gasteiger partial charge in [-0.2, -0.15) is 5.10 Å². The van der Waals surface area contributed by atoms with Gasteiger partial charge in [0.05, 0.1) is 7.11 Å². The number of nitrogens with zero attached hydrogens (tertiary/aromatic N) is 3. The lowest BCUT2D eigenvalue weighted by molar-refractivity contribution is 0.0943. The molecule has 0 aliphatic carbocycles. The van der Waals surface area contributed by atoms with Gasteiger partial charge in [-0.3, -0.25) is 4.79 Å². The van der Waals surface area contributed by atoms with Crippen molar-refractivity contribution < 1.29 is 9.53 Å². The Kier molecular flexibility index (Phi) is 6.37. The molecular formula is C18H26N4O2. The molecular weight excluding hydrogens is 304 g/mol. The second-order valence-electron chi connectivity index (χ2n) is 5.60. The molecule has 1 aromatic heterocycles. The van der Waals surface area contributed by atoms with Gasteiger partial charge in [0.1, 0.15) is 11.4 Å². The molecule has 6 heteroatoms. The number of hydrogen-bond donors (Lipinski definition) is 1. The van der Waals surface area contributed by atoms with Crippen molar-refractivity contribution in [2.45, 2.75) is 20.8 Å². The van der Waals surface area contributed by atoms with Crippen LogP contribution in [0.1, 0.15) is 29.9 Å². The van der Waals surface area contributed by atoms with Crippen molar-refractivity contribution in [1.29, 1.82) is 0 Å². The van der Waals surface area contributed by atoms with Crippen molar-refractivity contribution >= 4 is 5.91 Å². The van der Waals surface area contributed by atoms with E-state index in [1.54, 1.807) is 24.1 Å². The average molecular weight is 330 g/mol. The summed E-state index contributed by atoms with van der Waals surface area (Å²) in [6.07, 6.45) is 1.77. The minimum absolute atomic E-state index is 0.160. The smallest absolute Gasteiger partial charge is 0.271 e. The van der Waals surface area contributed by atoms with Gasteiger partial charge in [-0.05, 0) is 43.8 Å². The van der Waals surface area contributed by atoms with Gasteiger partial charge in [0.15, 0.2) is 5.69 Å². The first-order valence-electron chi connectivity index (χ1n) is 8.30. The lowest BCUT2D eigenvalue weighted by Crippen LogP contribution is -2.35. The number of carbonyl (C=O) groups is 1. The molecule has 0 aliphatic heterocycles. The Labute approximate surface area is 143 Å². The number of methoxy groups -OCH3 is 1. The van der Waals surface area contributed by atoms with Crippen LogP contribution in [0, 0.1) is 6.92 Å². The third-order valence-corrected chi connectivity index (χ3v) is 4.01. The zero-order valence-corrected chi connectivity index (χ0v) is 14.9. The van der Waals surface area contributed by atoms with Gasteiger partial charge in [0.2, 0.25) is 0 Å². The molecule has 24 heavy (non-hydrogen) atoms. The molecule has 0 saturated heterocycles. The molecule has 0 radical (unpaired) electrons. The van der Waals surface area contributed by atoms with Crippen molar-refractivity contribution in [3.8, 4) is 11.4 Å². The van der Waals surface area contributed by atoms with E-state index >= 15 is 0 Å². The van der Waals surface area contributed by atoms with Crippen molar-refractivity contribution in [2.75, 3.05) is 33.3 Å². The van der Waals surface area contributed by atoms with E-state index in [2.05, 4.69) is 29.2 Å². The summed E-state index contributed by atoms with van der Waals surface area (Å²) in [4.78, 5) is 14.5. The lowest BCUT2D eigenvalue weighted by Gasteiger charge is -2.17. The summed E-state index contributed by atoms with van der Waals surface area (Å²) < 4.78 is 7.05. The SMILES string of the molecule is CCN(CC)CCNC(=O)c1ccn(-c2cc(C)ccc2OC)n1. The monoisotopic (exact) mass is 330 g/mol. The van der Waals surface area contributed by atoms with Gasteiger partial charge in [-0.1, -0.05) is 19.9 Å². The molecule has 0 saturated carbocycles. The summed E-state index contributed by atoms with van der Waals surface area (Å²) in [6, 6.07) is 7.57. The number of benzene rings is 1. The lowest BCUT2D eigenvalue weighted by atomic mass is 10.2. The van der Waals surface area contributed by atoms with Crippen LogP contribution in [0.25, 0.3) is 5.69 Å². The molecule has 130 valence electrons. The van der Waals surface area contributed by atoms with Crippen molar-refractivity contribution in [1.82, 2.24) is 20.0 Å². The quantitative estimate of drug-likeness (QED) is 0.806. The number of rotatable bonds is 8. The first-order valence-corrected chi connectivity index (χ1v) is 8.30. The summed E-state index contributed by atoms with van der Waals surface area (Å²) in [5.74, 6) is 0.560. The summed E-state index contributed by atoms with van der Waals surface area (Å²) >= 11 is 0. The van der Waals surface area contributed by atoms with Crippen LogP contribution in [0.3, 0.4) is 0 Å². The summed E-state index contributed by atoms with van der Waals surface area (Å²) in [7, 11) is 1.62. The fraction of sp³-hybridized carbons (Fsp3) is 0.444. The van der Waals surface area contributed by atoms with Crippen LogP contribution in [0.15, 0.2) is 30.5 Å². The van der Waals surface area contributed by atoms with E-state index in [9.17, 15) is 4.79 Å². The zero-order valence-electron chi connectivity index (χ0n) is 14.9. The third kappa shape index (κ3) is 4.35. The number of carbonyl (C=O) groups excluding carboxylic acids is 1. The van der Waals surface area contributed by atoms with Gasteiger partial charge >= 0.3 is 0 Å². The molecule has 0 atom stereocenters. The molecule has 2 aromatic rings. The number of nitrogens with one attached hydrogen (secondary N) is 1. The number of aryl methyl sites for hydroxylation is 1. The second-order valence-corrected chi connectivity index (χ2v) is 5.60. The highest BCUT2D eigenvalue weighted by Gasteiger charge is 2.12. The maximum atomic E-state index is 12.2. The van der Waals surface area contributed by atoms with Crippen molar-refractivity contribution in [3.63, 3.8) is 0 Å². The van der Waals surface area contributed by atoms with E-state index in [1.165, 1.54) is 0 Å². The Morgan fingerprint density at radius 1 is 1.29 bits per heavy atom. The van der Waals surface area contributed by atoms with Gasteiger partial charge in [-0.25, -0.2) is 4.68 Å². The zero-order chi connectivity index (χ0) is 17.5. The van der Waals surface area contributed by atoms with Gasteiger partial charge in [-0.15, -0.1) is 0 Å². The number of aromatic nitrogens is 2. The molecule has 0 fully saturated rings. The topological polar surface area (TPSA) is 59.4 Å². The van der Waals surface area contributed by atoms with Crippen LogP contribution < -0.4 is 10.1 Å². The summed E-state index contributed by atoms with van der Waals surface area (Å²) in [5, 5.41) is 7.29. The Bertz CT molecular complexity index is 677. The minimum Gasteiger partial charge on any atom is -0.494 e. The Morgan fingerprint density at radius 3 is 2.71 bits per heavy atom. The fourth-order valence-corrected chi connectivity index (χ4v) is 2.52. The minimum atomic E-state index is -0.160. The van der Waals surface area contributed by atoms with E-state index < -0.39 is 0 Å². The van der Waals surface area contributed by atoms with E-state index in [4.69, 9.17) is 4.74 Å². The van der Waals surface area contributed by atoms with Crippen LogP contribution >= 0.6 is 0 Å². The highest BCUT2D eigenvalue weighted by atomic mass is 16.5. The number of likely N-dealkylation sites (N-methyl/N-ethyl adjacent to an activating group) is 1. The Balaban J connectivity index is 2.05. The predicted octanol–water partition coefficient (Wildman–Crippen LogP) is 2.26. The molecule has 0 spiro atoms. The van der Waals surface area contributed by atoms with Gasteiger partial charge < -0.3 is 15.0 Å².